The Hall–Kier alpha value is -3.59. The molecule has 42 heavy (non-hydrogen) atoms. The summed E-state index contributed by atoms with van der Waals surface area (Å²) in [6.07, 6.45) is -1.41. The minimum atomic E-state index is -1.20. The minimum absolute atomic E-state index is 0.0485. The van der Waals surface area contributed by atoms with Gasteiger partial charge in [-0.1, -0.05) is 63.2 Å². The van der Waals surface area contributed by atoms with Gasteiger partial charge in [-0.2, -0.15) is 0 Å². The summed E-state index contributed by atoms with van der Waals surface area (Å²) in [6.45, 7) is 14.2. The lowest BCUT2D eigenvalue weighted by Crippen LogP contribution is -2.48. The first kappa shape index (κ1) is 32.9. The molecular formula is C33H46N2O7. The van der Waals surface area contributed by atoms with E-state index >= 15 is 0 Å². The second-order valence-corrected chi connectivity index (χ2v) is 12.9. The summed E-state index contributed by atoms with van der Waals surface area (Å²) in [5.41, 5.74) is 1.64. The van der Waals surface area contributed by atoms with Crippen LogP contribution in [0.4, 0.5) is 10.5 Å². The van der Waals surface area contributed by atoms with Crippen LogP contribution >= 0.6 is 0 Å². The lowest BCUT2D eigenvalue weighted by atomic mass is 9.87. The molecule has 0 aromatic heterocycles. The Morgan fingerprint density at radius 1 is 0.881 bits per heavy atom. The van der Waals surface area contributed by atoms with Gasteiger partial charge in [0.05, 0.1) is 13.2 Å². The largest absolute Gasteiger partial charge is 0.458 e. The van der Waals surface area contributed by atoms with E-state index in [1.165, 1.54) is 11.9 Å². The molecule has 1 fully saturated rings. The van der Waals surface area contributed by atoms with Crippen LogP contribution in [0.5, 0.6) is 0 Å². The molecule has 1 amide bonds. The van der Waals surface area contributed by atoms with Crippen molar-refractivity contribution < 1.29 is 33.3 Å². The van der Waals surface area contributed by atoms with E-state index in [0.29, 0.717) is 19.6 Å². The average molecular weight is 583 g/mol. The number of anilines is 1. The molecule has 1 aliphatic heterocycles. The quantitative estimate of drug-likeness (QED) is 0.272. The fraction of sp³-hybridized carbons (Fsp3) is 0.545. The third-order valence-electron chi connectivity index (χ3n) is 6.71. The van der Waals surface area contributed by atoms with E-state index in [9.17, 15) is 14.4 Å². The molecule has 3 rings (SSSR count). The lowest BCUT2D eigenvalue weighted by Gasteiger charge is -2.33. The van der Waals surface area contributed by atoms with Crippen molar-refractivity contribution in [2.24, 2.45) is 5.41 Å². The summed E-state index contributed by atoms with van der Waals surface area (Å²) in [4.78, 5) is 43.4. The van der Waals surface area contributed by atoms with Crippen LogP contribution in [0.2, 0.25) is 0 Å². The highest BCUT2D eigenvalue weighted by Gasteiger charge is 2.37. The molecule has 0 unspecified atom stereocenters. The van der Waals surface area contributed by atoms with Crippen molar-refractivity contribution in [3.8, 4) is 0 Å². The Balaban J connectivity index is 1.81. The van der Waals surface area contributed by atoms with Gasteiger partial charge in [0.2, 0.25) is 6.10 Å². The second-order valence-electron chi connectivity index (χ2n) is 12.9. The fourth-order valence-corrected chi connectivity index (χ4v) is 4.51. The maximum absolute atomic E-state index is 13.7. The van der Waals surface area contributed by atoms with Gasteiger partial charge in [0.15, 0.2) is 0 Å². The summed E-state index contributed by atoms with van der Waals surface area (Å²) in [6, 6.07) is 16.2. The minimum Gasteiger partial charge on any atom is -0.458 e. The normalized spacial score (nSPS) is 15.4. The smallest absolute Gasteiger partial charge is 0.410 e. The van der Waals surface area contributed by atoms with Crippen LogP contribution in [0.25, 0.3) is 0 Å². The zero-order chi connectivity index (χ0) is 30.9. The summed E-state index contributed by atoms with van der Waals surface area (Å²) in [5.74, 6) is -1.34. The number of morpholine rings is 1. The van der Waals surface area contributed by atoms with Gasteiger partial charge in [-0.05, 0) is 55.9 Å². The van der Waals surface area contributed by atoms with E-state index < -0.39 is 35.8 Å². The van der Waals surface area contributed by atoms with E-state index in [2.05, 4.69) is 4.90 Å². The van der Waals surface area contributed by atoms with Crippen molar-refractivity contribution in [1.82, 2.24) is 4.90 Å². The Kier molecular flexibility index (Phi) is 11.4. The number of likely N-dealkylation sites (N-methyl/N-ethyl adjacent to an activating group) is 1. The number of carbonyl (C=O) groups excluding carboxylic acids is 3. The number of amides is 1. The van der Waals surface area contributed by atoms with Crippen LogP contribution in [0.1, 0.15) is 59.1 Å². The van der Waals surface area contributed by atoms with Crippen molar-refractivity contribution in [3.63, 3.8) is 0 Å². The van der Waals surface area contributed by atoms with Crippen molar-refractivity contribution in [3.05, 3.63) is 65.7 Å². The van der Waals surface area contributed by atoms with Gasteiger partial charge in [-0.15, -0.1) is 0 Å². The summed E-state index contributed by atoms with van der Waals surface area (Å²) < 4.78 is 22.4. The van der Waals surface area contributed by atoms with E-state index in [0.717, 1.165) is 29.9 Å². The topological polar surface area (TPSA) is 94.6 Å². The second kappa shape index (κ2) is 14.5. The molecule has 2 atom stereocenters. The van der Waals surface area contributed by atoms with Gasteiger partial charge in [0.25, 0.3) is 0 Å². The van der Waals surface area contributed by atoms with Gasteiger partial charge in [-0.3, -0.25) is 4.90 Å². The number of benzene rings is 2. The third kappa shape index (κ3) is 10.7. The SMILES string of the molecule is CN(C(=O)OC(C)(C)C)[C@@H](CC(C)(C)C)C(=O)O[C@H](Cc1ccc(N2CCOCC2)cc1)C(=O)OCc1ccccc1. The Bertz CT molecular complexity index is 1160. The van der Waals surface area contributed by atoms with Gasteiger partial charge in [-0.25, -0.2) is 14.4 Å². The van der Waals surface area contributed by atoms with Crippen molar-refractivity contribution in [2.75, 3.05) is 38.3 Å². The zero-order valence-corrected chi connectivity index (χ0v) is 26.1. The van der Waals surface area contributed by atoms with Gasteiger partial charge < -0.3 is 23.8 Å². The first-order valence-electron chi connectivity index (χ1n) is 14.5. The molecule has 1 aliphatic rings. The highest BCUT2D eigenvalue weighted by atomic mass is 16.6. The molecule has 2 aromatic carbocycles. The number of rotatable bonds is 10. The molecule has 9 heteroatoms. The fourth-order valence-electron chi connectivity index (χ4n) is 4.51. The van der Waals surface area contributed by atoms with Crippen LogP contribution in [0.15, 0.2) is 54.6 Å². The summed E-state index contributed by atoms with van der Waals surface area (Å²) in [5, 5.41) is 0. The highest BCUT2D eigenvalue weighted by molar-refractivity contribution is 5.85. The Morgan fingerprint density at radius 2 is 1.50 bits per heavy atom. The Morgan fingerprint density at radius 3 is 2.07 bits per heavy atom. The van der Waals surface area contributed by atoms with Gasteiger partial charge >= 0.3 is 18.0 Å². The molecule has 0 aliphatic carbocycles. The van der Waals surface area contributed by atoms with Crippen LogP contribution in [0.3, 0.4) is 0 Å². The van der Waals surface area contributed by atoms with Crippen molar-refractivity contribution in [2.45, 2.75) is 78.7 Å². The van der Waals surface area contributed by atoms with Crippen LogP contribution in [-0.2, 0) is 41.6 Å². The third-order valence-corrected chi connectivity index (χ3v) is 6.71. The average Bonchev–Trinajstić information content (AvgIpc) is 2.94. The highest BCUT2D eigenvalue weighted by Crippen LogP contribution is 2.26. The number of carbonyl (C=O) groups is 3. The molecular weight excluding hydrogens is 536 g/mol. The number of hydrogen-bond acceptors (Lipinski definition) is 8. The monoisotopic (exact) mass is 582 g/mol. The Labute approximate surface area is 250 Å². The number of ether oxygens (including phenoxy) is 4. The number of esters is 2. The molecule has 230 valence electrons. The molecule has 9 nitrogen and oxygen atoms in total. The molecule has 0 saturated carbocycles. The van der Waals surface area contributed by atoms with E-state index in [4.69, 9.17) is 18.9 Å². The summed E-state index contributed by atoms with van der Waals surface area (Å²) in [7, 11) is 1.51. The first-order chi connectivity index (χ1) is 19.7. The van der Waals surface area contributed by atoms with Crippen LogP contribution < -0.4 is 4.90 Å². The van der Waals surface area contributed by atoms with Crippen LogP contribution in [-0.4, -0.2) is 74.0 Å². The van der Waals surface area contributed by atoms with E-state index in [-0.39, 0.29) is 18.4 Å². The van der Waals surface area contributed by atoms with Crippen molar-refractivity contribution >= 4 is 23.7 Å². The maximum atomic E-state index is 13.7. The molecule has 0 N–H and O–H groups in total. The van der Waals surface area contributed by atoms with E-state index in [1.54, 1.807) is 20.8 Å². The number of hydrogen-bond donors (Lipinski definition) is 0. The first-order valence-corrected chi connectivity index (χ1v) is 14.5. The molecule has 1 heterocycles. The van der Waals surface area contributed by atoms with E-state index in [1.807, 2.05) is 75.4 Å². The summed E-state index contributed by atoms with van der Waals surface area (Å²) >= 11 is 0. The standard InChI is InChI=1S/C33H46N2O7/c1-32(2,3)22-27(34(7)31(38)42-33(4,5)6)29(36)41-28(30(37)40-23-25-11-9-8-10-12-25)21-24-13-15-26(16-14-24)35-17-19-39-20-18-35/h8-16,27-28H,17-23H2,1-7H3/t27-,28+/m0/s1. The molecule has 1 saturated heterocycles. The van der Waals surface area contributed by atoms with Crippen LogP contribution in [0, 0.1) is 5.41 Å². The zero-order valence-electron chi connectivity index (χ0n) is 26.1. The molecule has 0 spiro atoms. The van der Waals surface area contributed by atoms with Gasteiger partial charge in [0.1, 0.15) is 18.2 Å². The molecule has 2 aromatic rings. The number of nitrogens with zero attached hydrogens (tertiary/aromatic N) is 2. The predicted molar refractivity (Wildman–Crippen MR) is 161 cm³/mol. The van der Waals surface area contributed by atoms with Gasteiger partial charge in [0, 0.05) is 32.2 Å². The molecule has 0 radical (unpaired) electrons. The van der Waals surface area contributed by atoms with Crippen molar-refractivity contribution in [1.29, 1.82) is 0 Å². The molecule has 0 bridgehead atoms. The predicted octanol–water partition coefficient (Wildman–Crippen LogP) is 5.39. The maximum Gasteiger partial charge on any atom is 0.410 e. The lowest BCUT2D eigenvalue weighted by molar-refractivity contribution is -0.172.